The number of carbonyl (C=O) groups is 2. The molecule has 0 atom stereocenters. The van der Waals surface area contributed by atoms with Gasteiger partial charge < -0.3 is 15.3 Å². The second kappa shape index (κ2) is 7.77. The van der Waals surface area contributed by atoms with E-state index in [1.807, 2.05) is 0 Å². The SMILES string of the molecule is CN(Cc1ccc(Br)c(F)c1)C(=O)NC1CCC(C(=O)O)CC1. The molecule has 5 nitrogen and oxygen atoms in total. The summed E-state index contributed by atoms with van der Waals surface area (Å²) in [6, 6.07) is 4.54. The first-order valence-electron chi connectivity index (χ1n) is 7.55. The zero-order chi connectivity index (χ0) is 17.0. The summed E-state index contributed by atoms with van der Waals surface area (Å²) in [5.41, 5.74) is 0.706. The molecule has 1 aromatic rings. The molecule has 1 aromatic carbocycles. The van der Waals surface area contributed by atoms with E-state index in [0.717, 1.165) is 0 Å². The van der Waals surface area contributed by atoms with Gasteiger partial charge >= 0.3 is 12.0 Å². The van der Waals surface area contributed by atoms with Gasteiger partial charge in [0.05, 0.1) is 10.4 Å². The predicted molar refractivity (Wildman–Crippen MR) is 87.5 cm³/mol. The van der Waals surface area contributed by atoms with Gasteiger partial charge in [0, 0.05) is 19.6 Å². The molecule has 23 heavy (non-hydrogen) atoms. The highest BCUT2D eigenvalue weighted by Gasteiger charge is 2.27. The molecule has 0 radical (unpaired) electrons. The monoisotopic (exact) mass is 386 g/mol. The molecule has 1 saturated carbocycles. The fourth-order valence-electron chi connectivity index (χ4n) is 2.75. The van der Waals surface area contributed by atoms with Crippen molar-refractivity contribution in [3.05, 3.63) is 34.1 Å². The maximum atomic E-state index is 13.5. The van der Waals surface area contributed by atoms with E-state index in [2.05, 4.69) is 21.2 Å². The van der Waals surface area contributed by atoms with Crippen molar-refractivity contribution in [2.75, 3.05) is 7.05 Å². The molecule has 0 heterocycles. The van der Waals surface area contributed by atoms with Crippen LogP contribution in [0.2, 0.25) is 0 Å². The van der Waals surface area contributed by atoms with Crippen molar-refractivity contribution in [3.63, 3.8) is 0 Å². The van der Waals surface area contributed by atoms with Crippen LogP contribution < -0.4 is 5.32 Å². The van der Waals surface area contributed by atoms with Crippen LogP contribution in [0.3, 0.4) is 0 Å². The van der Waals surface area contributed by atoms with Crippen LogP contribution in [0.4, 0.5) is 9.18 Å². The molecule has 2 rings (SSSR count). The minimum atomic E-state index is -0.760. The van der Waals surface area contributed by atoms with Gasteiger partial charge in [-0.05, 0) is 59.3 Å². The number of amides is 2. The maximum absolute atomic E-state index is 13.5. The average molecular weight is 387 g/mol. The van der Waals surface area contributed by atoms with Crippen molar-refractivity contribution in [2.45, 2.75) is 38.3 Å². The summed E-state index contributed by atoms with van der Waals surface area (Å²) in [4.78, 5) is 24.6. The van der Waals surface area contributed by atoms with E-state index in [4.69, 9.17) is 5.11 Å². The second-order valence-corrected chi connectivity index (χ2v) is 6.80. The lowest BCUT2D eigenvalue weighted by atomic mass is 9.86. The lowest BCUT2D eigenvalue weighted by molar-refractivity contribution is -0.142. The van der Waals surface area contributed by atoms with E-state index < -0.39 is 5.97 Å². The van der Waals surface area contributed by atoms with E-state index in [9.17, 15) is 14.0 Å². The standard InChI is InChI=1S/C16H20BrFN2O3/c1-20(9-10-2-7-13(17)14(18)8-10)16(23)19-12-5-3-11(4-6-12)15(21)22/h2,7-8,11-12H,3-6,9H2,1H3,(H,19,23)(H,21,22). The number of hydrogen-bond acceptors (Lipinski definition) is 2. The van der Waals surface area contributed by atoms with E-state index in [-0.39, 0.29) is 23.8 Å². The summed E-state index contributed by atoms with van der Waals surface area (Å²) in [7, 11) is 1.65. The summed E-state index contributed by atoms with van der Waals surface area (Å²) >= 11 is 3.10. The Kier molecular flexibility index (Phi) is 5.98. The lowest BCUT2D eigenvalue weighted by Crippen LogP contribution is -2.44. The third-order valence-corrected chi connectivity index (χ3v) is 4.80. The van der Waals surface area contributed by atoms with Crippen molar-refractivity contribution >= 4 is 27.9 Å². The molecule has 2 N–H and O–H groups in total. The minimum absolute atomic E-state index is 0.00204. The summed E-state index contributed by atoms with van der Waals surface area (Å²) in [5.74, 6) is -1.42. The number of carboxylic acid groups (broad SMARTS) is 1. The summed E-state index contributed by atoms with van der Waals surface area (Å²) in [5, 5.41) is 11.9. The summed E-state index contributed by atoms with van der Waals surface area (Å²) < 4.78 is 13.9. The van der Waals surface area contributed by atoms with Gasteiger partial charge in [0.25, 0.3) is 0 Å². The molecule has 7 heteroatoms. The Morgan fingerprint density at radius 1 is 1.35 bits per heavy atom. The van der Waals surface area contributed by atoms with Crippen LogP contribution >= 0.6 is 15.9 Å². The Morgan fingerprint density at radius 3 is 2.57 bits per heavy atom. The molecule has 1 aliphatic rings. The zero-order valence-corrected chi connectivity index (χ0v) is 14.5. The van der Waals surface area contributed by atoms with Crippen molar-refractivity contribution < 1.29 is 19.1 Å². The van der Waals surface area contributed by atoms with Crippen LogP contribution in [0.1, 0.15) is 31.2 Å². The zero-order valence-electron chi connectivity index (χ0n) is 12.9. The molecule has 0 bridgehead atoms. The van der Waals surface area contributed by atoms with Gasteiger partial charge in [0.15, 0.2) is 0 Å². The molecule has 0 unspecified atom stereocenters. The van der Waals surface area contributed by atoms with E-state index in [1.54, 1.807) is 19.2 Å². The Bertz CT molecular complexity index is 589. The molecule has 0 saturated heterocycles. The lowest BCUT2D eigenvalue weighted by Gasteiger charge is -2.28. The fraction of sp³-hybridized carbons (Fsp3) is 0.500. The molecule has 0 aliphatic heterocycles. The first-order chi connectivity index (χ1) is 10.9. The van der Waals surface area contributed by atoms with Gasteiger partial charge in [-0.25, -0.2) is 9.18 Å². The Hall–Kier alpha value is -1.63. The highest BCUT2D eigenvalue weighted by Crippen LogP contribution is 2.24. The minimum Gasteiger partial charge on any atom is -0.481 e. The van der Waals surface area contributed by atoms with Gasteiger partial charge in [-0.15, -0.1) is 0 Å². The van der Waals surface area contributed by atoms with Gasteiger partial charge in [0.1, 0.15) is 5.82 Å². The van der Waals surface area contributed by atoms with Crippen LogP contribution in [0.25, 0.3) is 0 Å². The highest BCUT2D eigenvalue weighted by molar-refractivity contribution is 9.10. The molecule has 2 amide bonds. The van der Waals surface area contributed by atoms with Crippen LogP contribution in [-0.2, 0) is 11.3 Å². The first-order valence-corrected chi connectivity index (χ1v) is 8.34. The Morgan fingerprint density at radius 2 is 2.00 bits per heavy atom. The normalized spacial score (nSPS) is 20.8. The summed E-state index contributed by atoms with van der Waals surface area (Å²) in [6.45, 7) is 0.306. The van der Waals surface area contributed by atoms with Crippen LogP contribution in [0, 0.1) is 11.7 Å². The Labute approximate surface area is 143 Å². The maximum Gasteiger partial charge on any atom is 0.317 e. The van der Waals surface area contributed by atoms with Crippen LogP contribution in [0.5, 0.6) is 0 Å². The topological polar surface area (TPSA) is 69.6 Å². The Balaban J connectivity index is 1.83. The number of benzene rings is 1. The predicted octanol–water partition coefficient (Wildman–Crippen LogP) is 3.37. The van der Waals surface area contributed by atoms with Crippen LogP contribution in [0.15, 0.2) is 22.7 Å². The highest BCUT2D eigenvalue weighted by atomic mass is 79.9. The fourth-order valence-corrected chi connectivity index (χ4v) is 3.00. The molecular formula is C16H20BrFN2O3. The van der Waals surface area contributed by atoms with Crippen molar-refractivity contribution in [1.29, 1.82) is 0 Å². The molecule has 1 aliphatic carbocycles. The van der Waals surface area contributed by atoms with E-state index in [1.165, 1.54) is 11.0 Å². The molecule has 0 aromatic heterocycles. The van der Waals surface area contributed by atoms with Gasteiger partial charge in [-0.3, -0.25) is 4.79 Å². The number of aliphatic carboxylic acids is 1. The third-order valence-electron chi connectivity index (χ3n) is 4.15. The number of nitrogens with zero attached hydrogens (tertiary/aromatic N) is 1. The first kappa shape index (κ1) is 17.7. The number of nitrogens with one attached hydrogen (secondary N) is 1. The summed E-state index contributed by atoms with van der Waals surface area (Å²) in [6.07, 6.45) is 2.51. The number of halogens is 2. The third kappa shape index (κ3) is 4.92. The second-order valence-electron chi connectivity index (χ2n) is 5.94. The van der Waals surface area contributed by atoms with E-state index >= 15 is 0 Å². The van der Waals surface area contributed by atoms with E-state index in [0.29, 0.717) is 42.3 Å². The number of rotatable bonds is 4. The number of carbonyl (C=O) groups excluding carboxylic acids is 1. The largest absolute Gasteiger partial charge is 0.481 e. The average Bonchev–Trinajstić information content (AvgIpc) is 2.51. The molecule has 1 fully saturated rings. The van der Waals surface area contributed by atoms with Crippen molar-refractivity contribution in [2.24, 2.45) is 5.92 Å². The smallest absolute Gasteiger partial charge is 0.317 e. The molecule has 0 spiro atoms. The van der Waals surface area contributed by atoms with Gasteiger partial charge in [-0.1, -0.05) is 6.07 Å². The number of carboxylic acids is 1. The van der Waals surface area contributed by atoms with Gasteiger partial charge in [-0.2, -0.15) is 0 Å². The number of hydrogen-bond donors (Lipinski definition) is 2. The molecular weight excluding hydrogens is 367 g/mol. The quantitative estimate of drug-likeness (QED) is 0.833. The van der Waals surface area contributed by atoms with Crippen LogP contribution in [-0.4, -0.2) is 35.1 Å². The van der Waals surface area contributed by atoms with Crippen molar-refractivity contribution in [1.82, 2.24) is 10.2 Å². The van der Waals surface area contributed by atoms with Gasteiger partial charge in [0.2, 0.25) is 0 Å². The molecule has 126 valence electrons. The van der Waals surface area contributed by atoms with Crippen molar-refractivity contribution in [3.8, 4) is 0 Å². The number of urea groups is 1.